The van der Waals surface area contributed by atoms with Crippen molar-refractivity contribution >= 4 is 30.5 Å². The molecule has 52 heavy (non-hydrogen) atoms. The maximum atomic E-state index is 11.0. The maximum Gasteiger partial charge on any atom is 0.311 e. The molecular weight excluding hydrogens is 690 g/mol. The predicted molar refractivity (Wildman–Crippen MR) is 188 cm³/mol. The van der Waals surface area contributed by atoms with E-state index in [9.17, 15) is 34.7 Å². The second-order valence-corrected chi connectivity index (χ2v) is 11.0. The van der Waals surface area contributed by atoms with Crippen LogP contribution in [0.15, 0.2) is 30.3 Å². The van der Waals surface area contributed by atoms with E-state index in [2.05, 4.69) is 5.32 Å². The van der Waals surface area contributed by atoms with Gasteiger partial charge in [-0.2, -0.15) is 0 Å². The van der Waals surface area contributed by atoms with E-state index in [1.807, 2.05) is 6.92 Å². The van der Waals surface area contributed by atoms with Crippen LogP contribution in [0.4, 0.5) is 11.4 Å². The standard InChI is InChI=1S/C14H18N2O6.C13H17NO4.C5H10O3.2CH4O/c17-9-15-6-2-1-3-11(15)14(19)22-8-10-4-5-13(18)12(7-10)16(20)21;1-10-7-12(17-2)13(8-11(10)14-9-16)18-6-4-3-5-15;6-4-1-5(7)3-8-2-4;2*1-2/h4-5,7,9,11,14,18-19H,1-3,6,8H2;5,7-9H,3-4,6H2,1-2H3,(H,14,16);4-7H,1-3H2;2*2H,1H3. The number of anilines is 1. The highest BCUT2D eigenvalue weighted by molar-refractivity contribution is 5.75. The van der Waals surface area contributed by atoms with E-state index in [0.717, 1.165) is 38.9 Å². The normalized spacial score (nSPS) is 18.0. The fourth-order valence-electron chi connectivity index (χ4n) is 4.81. The van der Waals surface area contributed by atoms with E-state index in [0.29, 0.717) is 87.6 Å². The number of hydrogen-bond acceptors (Lipinski definition) is 15. The van der Waals surface area contributed by atoms with E-state index in [1.54, 1.807) is 19.2 Å². The van der Waals surface area contributed by atoms with E-state index in [1.165, 1.54) is 23.1 Å². The number of nitro groups is 1. The van der Waals surface area contributed by atoms with Crippen LogP contribution in [0.5, 0.6) is 17.2 Å². The molecule has 0 aliphatic carbocycles. The third kappa shape index (κ3) is 17.7. The lowest BCUT2D eigenvalue weighted by Crippen LogP contribution is -2.46. The number of nitrogens with one attached hydrogen (secondary N) is 1. The number of rotatable bonds is 14. The van der Waals surface area contributed by atoms with Gasteiger partial charge in [-0.1, -0.05) is 6.07 Å². The summed E-state index contributed by atoms with van der Waals surface area (Å²) >= 11 is 0. The maximum absolute atomic E-state index is 11.0. The number of piperidine rings is 1. The average Bonchev–Trinajstić information content (AvgIpc) is 3.16. The second kappa shape index (κ2) is 28.2. The number of aromatic hydroxyl groups is 1. The zero-order chi connectivity index (χ0) is 39.5. The highest BCUT2D eigenvalue weighted by Crippen LogP contribution is 2.33. The van der Waals surface area contributed by atoms with Gasteiger partial charge in [0.1, 0.15) is 6.29 Å². The number of nitrogens with zero attached hydrogens (tertiary/aromatic N) is 2. The molecule has 2 aliphatic heterocycles. The molecule has 7 N–H and O–H groups in total. The molecule has 4 rings (SSSR count). The summed E-state index contributed by atoms with van der Waals surface area (Å²) in [5.41, 5.74) is 1.61. The number of likely N-dealkylation sites (tertiary alicyclic amines) is 1. The minimum Gasteiger partial charge on any atom is -0.502 e. The first kappa shape index (κ1) is 47.6. The summed E-state index contributed by atoms with van der Waals surface area (Å²) in [5.74, 6) is 0.738. The number of aryl methyl sites for hydroxylation is 1. The molecular formula is C34H53N3O15. The molecule has 2 aromatic carbocycles. The van der Waals surface area contributed by atoms with Gasteiger partial charge in [-0.25, -0.2) is 0 Å². The van der Waals surface area contributed by atoms with Crippen molar-refractivity contribution in [3.05, 3.63) is 51.6 Å². The number of aldehydes is 1. The third-order valence-electron chi connectivity index (χ3n) is 7.33. The Hall–Kier alpha value is -4.43. The van der Waals surface area contributed by atoms with Crippen molar-refractivity contribution in [1.29, 1.82) is 0 Å². The largest absolute Gasteiger partial charge is 0.502 e. The summed E-state index contributed by atoms with van der Waals surface area (Å²) < 4.78 is 20.9. The molecule has 0 aromatic heterocycles. The third-order valence-corrected chi connectivity index (χ3v) is 7.33. The van der Waals surface area contributed by atoms with Crippen molar-refractivity contribution in [2.75, 3.05) is 53.0 Å². The van der Waals surface area contributed by atoms with Crippen molar-refractivity contribution < 1.29 is 68.9 Å². The van der Waals surface area contributed by atoms with Gasteiger partial charge in [0.25, 0.3) is 0 Å². The van der Waals surface area contributed by atoms with Crippen molar-refractivity contribution in [3.63, 3.8) is 0 Å². The van der Waals surface area contributed by atoms with E-state index in [4.69, 9.17) is 39.4 Å². The SMILES string of the molecule is CO.CO.COc1cc(C)c(NC=O)cc1OCCCC=O.O=CN1CCCCC1C(O)OCc1ccc(O)c([N+](=O)[O-])c1.OC1COCC(O)C1. The highest BCUT2D eigenvalue weighted by Gasteiger charge is 2.28. The number of methoxy groups -OCH3 is 1. The number of nitro benzene ring substituents is 1. The molecule has 0 radical (unpaired) electrons. The molecule has 2 aliphatic rings. The molecule has 2 heterocycles. The van der Waals surface area contributed by atoms with Gasteiger partial charge in [0.2, 0.25) is 12.8 Å². The second-order valence-electron chi connectivity index (χ2n) is 11.0. The fourth-order valence-corrected chi connectivity index (χ4v) is 4.81. The number of phenolic OH excluding ortho intramolecular Hbond substituents is 1. The molecule has 0 spiro atoms. The molecule has 4 unspecified atom stereocenters. The van der Waals surface area contributed by atoms with Gasteiger partial charge in [0.05, 0.1) is 56.7 Å². The van der Waals surface area contributed by atoms with Crippen LogP contribution in [0.3, 0.4) is 0 Å². The Morgan fingerprint density at radius 2 is 1.73 bits per heavy atom. The number of ether oxygens (including phenoxy) is 4. The molecule has 18 heteroatoms. The number of phenols is 1. The Bertz CT molecular complexity index is 1310. The van der Waals surface area contributed by atoms with Gasteiger partial charge in [-0.3, -0.25) is 19.7 Å². The number of hydrogen-bond donors (Lipinski definition) is 7. The Labute approximate surface area is 302 Å². The molecule has 2 fully saturated rings. The van der Waals surface area contributed by atoms with Crippen molar-refractivity contribution in [2.24, 2.45) is 0 Å². The minimum absolute atomic E-state index is 0.0501. The van der Waals surface area contributed by atoms with Gasteiger partial charge in [0, 0.05) is 51.4 Å². The van der Waals surface area contributed by atoms with Crippen LogP contribution in [0.25, 0.3) is 0 Å². The quantitative estimate of drug-likeness (QED) is 0.0474. The molecule has 0 bridgehead atoms. The summed E-state index contributed by atoms with van der Waals surface area (Å²) in [5, 5.41) is 64.4. The fraction of sp³-hybridized carbons (Fsp3) is 0.559. The molecule has 0 saturated carbocycles. The Kier molecular flexibility index (Phi) is 25.8. The zero-order valence-corrected chi connectivity index (χ0v) is 30.0. The summed E-state index contributed by atoms with van der Waals surface area (Å²) in [6.45, 7) is 3.57. The van der Waals surface area contributed by atoms with Crippen LogP contribution in [0.1, 0.15) is 49.7 Å². The summed E-state index contributed by atoms with van der Waals surface area (Å²) in [6, 6.07) is 6.98. The molecule has 2 aromatic rings. The molecule has 2 amide bonds. The van der Waals surface area contributed by atoms with E-state index < -0.39 is 40.9 Å². The van der Waals surface area contributed by atoms with Crippen molar-refractivity contribution in [1.82, 2.24) is 4.90 Å². The van der Waals surface area contributed by atoms with Gasteiger partial charge in [-0.05, 0) is 55.9 Å². The summed E-state index contributed by atoms with van der Waals surface area (Å²) in [4.78, 5) is 43.2. The van der Waals surface area contributed by atoms with Gasteiger partial charge >= 0.3 is 5.69 Å². The van der Waals surface area contributed by atoms with Crippen LogP contribution in [-0.4, -0.2) is 132 Å². The number of benzene rings is 2. The van der Waals surface area contributed by atoms with Gasteiger partial charge in [0.15, 0.2) is 23.5 Å². The Balaban J connectivity index is 0.000000774. The van der Waals surface area contributed by atoms with Crippen LogP contribution in [0, 0.1) is 17.0 Å². The van der Waals surface area contributed by atoms with E-state index >= 15 is 0 Å². The number of carbonyl (C=O) groups excluding carboxylic acids is 3. The monoisotopic (exact) mass is 743 g/mol. The van der Waals surface area contributed by atoms with Crippen molar-refractivity contribution in [2.45, 2.75) is 76.6 Å². The number of carbonyl (C=O) groups is 3. The zero-order valence-electron chi connectivity index (χ0n) is 30.0. The number of amides is 2. The van der Waals surface area contributed by atoms with Gasteiger partial charge in [-0.15, -0.1) is 0 Å². The van der Waals surface area contributed by atoms with Crippen LogP contribution in [0.2, 0.25) is 0 Å². The van der Waals surface area contributed by atoms with Crippen LogP contribution < -0.4 is 14.8 Å². The van der Waals surface area contributed by atoms with Crippen LogP contribution >= 0.6 is 0 Å². The first-order valence-electron chi connectivity index (χ1n) is 16.3. The molecule has 4 atom stereocenters. The average molecular weight is 744 g/mol. The minimum atomic E-state index is -1.15. The summed E-state index contributed by atoms with van der Waals surface area (Å²) in [7, 11) is 3.56. The lowest BCUT2D eigenvalue weighted by Gasteiger charge is -2.35. The smallest absolute Gasteiger partial charge is 0.311 e. The number of aliphatic hydroxyl groups excluding tert-OH is 5. The molecule has 18 nitrogen and oxygen atoms in total. The lowest BCUT2D eigenvalue weighted by atomic mass is 10.0. The number of unbranched alkanes of at least 4 members (excludes halogenated alkanes) is 1. The lowest BCUT2D eigenvalue weighted by molar-refractivity contribution is -0.386. The molecule has 2 saturated heterocycles. The predicted octanol–water partition coefficient (Wildman–Crippen LogP) is 1.42. The topological polar surface area (TPSA) is 268 Å². The Morgan fingerprint density at radius 1 is 1.06 bits per heavy atom. The van der Waals surface area contributed by atoms with Crippen LogP contribution in [-0.2, 0) is 30.5 Å². The van der Waals surface area contributed by atoms with Crippen molar-refractivity contribution in [3.8, 4) is 17.2 Å². The summed E-state index contributed by atoms with van der Waals surface area (Å²) in [6.07, 6.45) is 4.12. The highest BCUT2D eigenvalue weighted by atomic mass is 16.6. The Morgan fingerprint density at radius 3 is 2.27 bits per heavy atom. The molecule has 294 valence electrons. The first-order valence-corrected chi connectivity index (χ1v) is 16.3. The van der Waals surface area contributed by atoms with E-state index in [-0.39, 0.29) is 6.61 Å². The first-order chi connectivity index (χ1) is 25.0. The van der Waals surface area contributed by atoms with Gasteiger partial charge < -0.3 is 64.6 Å². The number of aliphatic hydroxyl groups is 5.